The second-order valence-electron chi connectivity index (χ2n) is 5.06. The van der Waals surface area contributed by atoms with Crippen LogP contribution >= 0.6 is 0 Å². The van der Waals surface area contributed by atoms with Crippen molar-refractivity contribution in [3.8, 4) is 5.88 Å². The first kappa shape index (κ1) is 15.4. The largest absolute Gasteiger partial charge is 0.477 e. The topological polar surface area (TPSA) is 71.5 Å². The first-order valence-corrected chi connectivity index (χ1v) is 6.51. The van der Waals surface area contributed by atoms with Crippen molar-refractivity contribution in [2.24, 2.45) is 11.8 Å². The van der Waals surface area contributed by atoms with Crippen LogP contribution in [0, 0.1) is 11.8 Å². The van der Waals surface area contributed by atoms with Crippen molar-refractivity contribution < 1.29 is 14.6 Å². The molecule has 0 aliphatic heterocycles. The van der Waals surface area contributed by atoms with Gasteiger partial charge in [0.1, 0.15) is 5.56 Å². The number of hydrogen-bond donors (Lipinski definition) is 2. The molecule has 1 rings (SSSR count). The van der Waals surface area contributed by atoms with Crippen LogP contribution in [0.2, 0.25) is 0 Å². The van der Waals surface area contributed by atoms with Gasteiger partial charge in [0, 0.05) is 19.3 Å². The summed E-state index contributed by atoms with van der Waals surface area (Å²) in [6.07, 6.45) is 1.60. The molecule has 1 aromatic heterocycles. The van der Waals surface area contributed by atoms with Crippen LogP contribution in [0.4, 0.5) is 0 Å². The van der Waals surface area contributed by atoms with E-state index in [1.54, 1.807) is 18.3 Å². The van der Waals surface area contributed by atoms with Crippen LogP contribution in [0.5, 0.6) is 5.88 Å². The number of aliphatic hydroxyl groups excluding tert-OH is 1. The predicted octanol–water partition coefficient (Wildman–Crippen LogP) is 1.47. The SMILES string of the molecule is CC(C)COc1ncccc1C(=O)NCC(C)CO. The smallest absolute Gasteiger partial charge is 0.256 e. The average Bonchev–Trinajstić information content (AvgIpc) is 2.42. The van der Waals surface area contributed by atoms with Gasteiger partial charge in [-0.05, 0) is 24.0 Å². The first-order valence-electron chi connectivity index (χ1n) is 6.51. The highest BCUT2D eigenvalue weighted by molar-refractivity contribution is 5.96. The third-order valence-electron chi connectivity index (χ3n) is 2.49. The zero-order valence-electron chi connectivity index (χ0n) is 11.7. The minimum absolute atomic E-state index is 0.0284. The molecule has 0 spiro atoms. The van der Waals surface area contributed by atoms with E-state index in [2.05, 4.69) is 10.3 Å². The molecule has 1 heterocycles. The number of carbonyl (C=O) groups is 1. The maximum Gasteiger partial charge on any atom is 0.256 e. The standard InChI is InChI=1S/C14H22N2O3/c1-10(2)9-19-14-12(5-4-6-15-14)13(18)16-7-11(3)8-17/h4-6,10-11,17H,7-9H2,1-3H3,(H,16,18). The van der Waals surface area contributed by atoms with Crippen LogP contribution in [0.25, 0.3) is 0 Å². The summed E-state index contributed by atoms with van der Waals surface area (Å²) in [7, 11) is 0. The fourth-order valence-corrected chi connectivity index (χ4v) is 1.35. The van der Waals surface area contributed by atoms with E-state index in [4.69, 9.17) is 9.84 Å². The Balaban J connectivity index is 2.67. The van der Waals surface area contributed by atoms with Crippen molar-refractivity contribution in [3.05, 3.63) is 23.9 Å². The molecular formula is C14H22N2O3. The molecule has 0 aliphatic carbocycles. The number of rotatable bonds is 7. The summed E-state index contributed by atoms with van der Waals surface area (Å²) < 4.78 is 5.53. The van der Waals surface area contributed by atoms with E-state index in [0.29, 0.717) is 30.5 Å². The molecule has 0 aromatic carbocycles. The second-order valence-corrected chi connectivity index (χ2v) is 5.06. The Morgan fingerprint density at radius 3 is 2.84 bits per heavy atom. The fraction of sp³-hybridized carbons (Fsp3) is 0.571. The number of amides is 1. The van der Waals surface area contributed by atoms with Gasteiger partial charge in [-0.2, -0.15) is 0 Å². The minimum atomic E-state index is -0.229. The molecule has 1 unspecified atom stereocenters. The van der Waals surface area contributed by atoms with E-state index < -0.39 is 0 Å². The molecule has 5 heteroatoms. The van der Waals surface area contributed by atoms with E-state index >= 15 is 0 Å². The van der Waals surface area contributed by atoms with Gasteiger partial charge in [-0.1, -0.05) is 20.8 Å². The van der Waals surface area contributed by atoms with Gasteiger partial charge in [0.15, 0.2) is 0 Å². The summed E-state index contributed by atoms with van der Waals surface area (Å²) in [6, 6.07) is 3.38. The monoisotopic (exact) mass is 266 g/mol. The molecule has 0 bridgehead atoms. The van der Waals surface area contributed by atoms with Gasteiger partial charge in [-0.3, -0.25) is 4.79 Å². The number of nitrogens with one attached hydrogen (secondary N) is 1. The Morgan fingerprint density at radius 1 is 1.47 bits per heavy atom. The number of hydrogen-bond acceptors (Lipinski definition) is 4. The maximum absolute atomic E-state index is 12.0. The van der Waals surface area contributed by atoms with Crippen molar-refractivity contribution in [2.45, 2.75) is 20.8 Å². The van der Waals surface area contributed by atoms with Crippen LogP contribution in [-0.2, 0) is 0 Å². The minimum Gasteiger partial charge on any atom is -0.477 e. The van der Waals surface area contributed by atoms with Crippen LogP contribution < -0.4 is 10.1 Å². The molecule has 0 saturated heterocycles. The second kappa shape index (κ2) is 7.74. The summed E-state index contributed by atoms with van der Waals surface area (Å²) in [5.74, 6) is 0.519. The Labute approximate surface area is 114 Å². The molecule has 1 atom stereocenters. The number of carbonyl (C=O) groups excluding carboxylic acids is 1. The summed E-state index contributed by atoms with van der Waals surface area (Å²) in [5.41, 5.74) is 0.424. The number of ether oxygens (including phenoxy) is 1. The van der Waals surface area contributed by atoms with Crippen molar-refractivity contribution in [1.82, 2.24) is 10.3 Å². The van der Waals surface area contributed by atoms with E-state index in [1.165, 1.54) is 0 Å². The maximum atomic E-state index is 12.0. The Bertz CT molecular complexity index is 407. The molecule has 0 fully saturated rings. The van der Waals surface area contributed by atoms with Gasteiger partial charge in [-0.25, -0.2) is 4.98 Å². The average molecular weight is 266 g/mol. The van der Waals surface area contributed by atoms with Crippen molar-refractivity contribution in [2.75, 3.05) is 19.8 Å². The van der Waals surface area contributed by atoms with E-state index in [1.807, 2.05) is 20.8 Å². The normalized spacial score (nSPS) is 12.3. The highest BCUT2D eigenvalue weighted by Crippen LogP contribution is 2.15. The molecule has 0 aliphatic rings. The zero-order valence-corrected chi connectivity index (χ0v) is 11.7. The summed E-state index contributed by atoms with van der Waals surface area (Å²) in [4.78, 5) is 16.1. The molecule has 5 nitrogen and oxygen atoms in total. The lowest BCUT2D eigenvalue weighted by molar-refractivity contribution is 0.0936. The summed E-state index contributed by atoms with van der Waals surface area (Å²) in [6.45, 7) is 6.92. The van der Waals surface area contributed by atoms with E-state index in [-0.39, 0.29) is 18.4 Å². The number of pyridine rings is 1. The number of aliphatic hydroxyl groups is 1. The van der Waals surface area contributed by atoms with Gasteiger partial charge in [-0.15, -0.1) is 0 Å². The lowest BCUT2D eigenvalue weighted by atomic mass is 10.2. The molecule has 106 valence electrons. The molecule has 0 radical (unpaired) electrons. The first-order chi connectivity index (χ1) is 9.04. The Kier molecular flexibility index (Phi) is 6.29. The molecular weight excluding hydrogens is 244 g/mol. The molecule has 19 heavy (non-hydrogen) atoms. The Morgan fingerprint density at radius 2 is 2.21 bits per heavy atom. The summed E-state index contributed by atoms with van der Waals surface area (Å²) in [5, 5.41) is 11.7. The van der Waals surface area contributed by atoms with Gasteiger partial charge in [0.25, 0.3) is 5.91 Å². The Hall–Kier alpha value is -1.62. The van der Waals surface area contributed by atoms with E-state index in [0.717, 1.165) is 0 Å². The zero-order chi connectivity index (χ0) is 14.3. The highest BCUT2D eigenvalue weighted by atomic mass is 16.5. The predicted molar refractivity (Wildman–Crippen MR) is 73.2 cm³/mol. The quantitative estimate of drug-likeness (QED) is 0.784. The van der Waals surface area contributed by atoms with Crippen LogP contribution in [0.3, 0.4) is 0 Å². The fourth-order valence-electron chi connectivity index (χ4n) is 1.35. The third-order valence-corrected chi connectivity index (χ3v) is 2.49. The molecule has 2 N–H and O–H groups in total. The summed E-state index contributed by atoms with van der Waals surface area (Å²) >= 11 is 0. The van der Waals surface area contributed by atoms with Gasteiger partial charge < -0.3 is 15.2 Å². The molecule has 0 saturated carbocycles. The van der Waals surface area contributed by atoms with E-state index in [9.17, 15) is 4.79 Å². The van der Waals surface area contributed by atoms with Crippen LogP contribution in [0.15, 0.2) is 18.3 Å². The molecule has 1 aromatic rings. The number of nitrogens with zero attached hydrogens (tertiary/aromatic N) is 1. The number of aromatic nitrogens is 1. The highest BCUT2D eigenvalue weighted by Gasteiger charge is 2.14. The van der Waals surface area contributed by atoms with Crippen LogP contribution in [-0.4, -0.2) is 35.8 Å². The van der Waals surface area contributed by atoms with Crippen molar-refractivity contribution >= 4 is 5.91 Å². The lowest BCUT2D eigenvalue weighted by Crippen LogP contribution is -2.30. The molecule has 1 amide bonds. The van der Waals surface area contributed by atoms with Gasteiger partial charge in [0.2, 0.25) is 5.88 Å². The van der Waals surface area contributed by atoms with Crippen molar-refractivity contribution in [3.63, 3.8) is 0 Å². The van der Waals surface area contributed by atoms with Gasteiger partial charge >= 0.3 is 0 Å². The lowest BCUT2D eigenvalue weighted by Gasteiger charge is -2.13. The van der Waals surface area contributed by atoms with Gasteiger partial charge in [0.05, 0.1) is 6.61 Å². The van der Waals surface area contributed by atoms with Crippen molar-refractivity contribution in [1.29, 1.82) is 0 Å². The van der Waals surface area contributed by atoms with Crippen LogP contribution in [0.1, 0.15) is 31.1 Å². The third kappa shape index (κ3) is 5.26.